The molecule has 8 heteroatoms. The molecule has 0 bridgehead atoms. The number of benzene rings is 2. The zero-order chi connectivity index (χ0) is 16.6. The van der Waals surface area contributed by atoms with Crippen LogP contribution in [-0.2, 0) is 16.1 Å². The van der Waals surface area contributed by atoms with Crippen molar-refractivity contribution < 1.29 is 23.4 Å². The van der Waals surface area contributed by atoms with E-state index < -0.39 is 23.3 Å². The molecule has 1 heterocycles. The molecule has 0 amide bonds. The van der Waals surface area contributed by atoms with Gasteiger partial charge >= 0.3 is 5.97 Å². The number of carboxylic acids is 1. The zero-order valence-corrected chi connectivity index (χ0v) is 13.6. The van der Waals surface area contributed by atoms with Crippen molar-refractivity contribution in [2.75, 3.05) is 4.31 Å². The Morgan fingerprint density at radius 2 is 1.96 bits per heavy atom. The molecule has 1 aliphatic rings. The molecule has 1 aliphatic heterocycles. The van der Waals surface area contributed by atoms with Crippen molar-refractivity contribution in [1.82, 2.24) is 0 Å². The summed E-state index contributed by atoms with van der Waals surface area (Å²) in [5.41, 5.74) is 0.280. The predicted octanol–water partition coefficient (Wildman–Crippen LogP) is 3.02. The smallest absolute Gasteiger partial charge is 0.327 e. The number of carboxylic acid groups (broad SMARTS) is 1. The number of rotatable bonds is 4. The number of fused-ring (bicyclic) bond motifs is 2. The standard InChI is InChI=1S/C15H13NO5S2/c1-9(15(17)18)16(23(19)20)10-6-7-12-14(8-10)22-13-5-3-2-4-11(13)21-12/h2-9H,1H3,(H,17,18)(H,19,20)/p-1. The van der Waals surface area contributed by atoms with Gasteiger partial charge in [-0.05, 0) is 37.3 Å². The van der Waals surface area contributed by atoms with Gasteiger partial charge in [0.05, 0.1) is 15.5 Å². The molecular weight excluding hydrogens is 338 g/mol. The quantitative estimate of drug-likeness (QED) is 0.728. The molecule has 0 saturated carbocycles. The van der Waals surface area contributed by atoms with E-state index in [9.17, 15) is 13.6 Å². The summed E-state index contributed by atoms with van der Waals surface area (Å²) in [4.78, 5) is 12.8. The highest BCUT2D eigenvalue weighted by atomic mass is 32.2. The van der Waals surface area contributed by atoms with E-state index in [-0.39, 0.29) is 5.69 Å². The van der Waals surface area contributed by atoms with Crippen LogP contribution < -0.4 is 9.04 Å². The summed E-state index contributed by atoms with van der Waals surface area (Å²) in [5, 5.41) is 9.09. The van der Waals surface area contributed by atoms with Crippen LogP contribution in [-0.4, -0.2) is 25.9 Å². The minimum atomic E-state index is -2.70. The van der Waals surface area contributed by atoms with Crippen molar-refractivity contribution >= 4 is 34.7 Å². The van der Waals surface area contributed by atoms with Crippen molar-refractivity contribution in [1.29, 1.82) is 0 Å². The van der Waals surface area contributed by atoms with Gasteiger partial charge < -0.3 is 14.4 Å². The lowest BCUT2D eigenvalue weighted by molar-refractivity contribution is -0.137. The average Bonchev–Trinajstić information content (AvgIpc) is 2.52. The number of ether oxygens (including phenoxy) is 1. The fraction of sp³-hybridized carbons (Fsp3) is 0.133. The van der Waals surface area contributed by atoms with Crippen molar-refractivity contribution in [3.05, 3.63) is 42.5 Å². The number of aliphatic carboxylic acids is 1. The highest BCUT2D eigenvalue weighted by molar-refractivity contribution is 7.99. The first kappa shape index (κ1) is 15.9. The Morgan fingerprint density at radius 1 is 1.26 bits per heavy atom. The van der Waals surface area contributed by atoms with Crippen molar-refractivity contribution in [3.63, 3.8) is 0 Å². The van der Waals surface area contributed by atoms with Crippen molar-refractivity contribution in [2.45, 2.75) is 22.8 Å². The molecule has 23 heavy (non-hydrogen) atoms. The Balaban J connectivity index is 1.98. The summed E-state index contributed by atoms with van der Waals surface area (Å²) < 4.78 is 29.5. The fourth-order valence-corrected chi connectivity index (χ4v) is 3.81. The molecule has 0 aromatic heterocycles. The van der Waals surface area contributed by atoms with Crippen LogP contribution in [0.15, 0.2) is 52.3 Å². The van der Waals surface area contributed by atoms with Crippen LogP contribution in [0.3, 0.4) is 0 Å². The topological polar surface area (TPSA) is 89.9 Å². The Hall–Kier alpha value is -2.03. The highest BCUT2D eigenvalue weighted by Crippen LogP contribution is 2.48. The molecule has 1 N–H and O–H groups in total. The Morgan fingerprint density at radius 3 is 2.65 bits per heavy atom. The summed E-state index contributed by atoms with van der Waals surface area (Å²) in [6.45, 7) is 1.32. The molecule has 2 aromatic carbocycles. The number of carbonyl (C=O) groups is 1. The van der Waals surface area contributed by atoms with Gasteiger partial charge in [0.2, 0.25) is 0 Å². The van der Waals surface area contributed by atoms with Gasteiger partial charge in [0.25, 0.3) is 0 Å². The lowest BCUT2D eigenvalue weighted by atomic mass is 10.2. The third-order valence-corrected chi connectivity index (χ3v) is 5.28. The van der Waals surface area contributed by atoms with E-state index in [1.165, 1.54) is 24.8 Å². The van der Waals surface area contributed by atoms with E-state index in [0.717, 1.165) is 19.8 Å². The van der Waals surface area contributed by atoms with Gasteiger partial charge in [0.15, 0.2) is 0 Å². The first-order chi connectivity index (χ1) is 11.0. The summed E-state index contributed by atoms with van der Waals surface area (Å²) in [7, 11) is 0. The maximum atomic E-state index is 11.4. The van der Waals surface area contributed by atoms with E-state index in [1.54, 1.807) is 12.1 Å². The average molecular weight is 350 g/mol. The van der Waals surface area contributed by atoms with Gasteiger partial charge in [-0.3, -0.25) is 8.51 Å². The fourth-order valence-electron chi connectivity index (χ4n) is 2.19. The van der Waals surface area contributed by atoms with Crippen LogP contribution in [0.2, 0.25) is 0 Å². The molecule has 120 valence electrons. The van der Waals surface area contributed by atoms with Crippen LogP contribution in [0.5, 0.6) is 11.5 Å². The first-order valence-corrected chi connectivity index (χ1v) is 8.52. The molecule has 2 aromatic rings. The Bertz CT molecular complexity index is 795. The van der Waals surface area contributed by atoms with Crippen LogP contribution >= 0.6 is 11.8 Å². The monoisotopic (exact) mass is 350 g/mol. The molecule has 3 rings (SSSR count). The summed E-state index contributed by atoms with van der Waals surface area (Å²) >= 11 is -1.25. The van der Waals surface area contributed by atoms with Crippen LogP contribution in [0.25, 0.3) is 0 Å². The molecule has 6 nitrogen and oxygen atoms in total. The van der Waals surface area contributed by atoms with E-state index in [1.807, 2.05) is 24.3 Å². The van der Waals surface area contributed by atoms with E-state index in [4.69, 9.17) is 9.84 Å². The number of anilines is 1. The number of hydrogen-bond acceptors (Lipinski definition) is 5. The maximum absolute atomic E-state index is 11.4. The lowest BCUT2D eigenvalue weighted by Gasteiger charge is -2.31. The highest BCUT2D eigenvalue weighted by Gasteiger charge is 2.24. The second kappa shape index (κ2) is 6.23. The van der Waals surface area contributed by atoms with Crippen molar-refractivity contribution in [3.8, 4) is 11.5 Å². The molecule has 2 unspecified atom stereocenters. The van der Waals surface area contributed by atoms with Crippen LogP contribution in [0.1, 0.15) is 6.92 Å². The van der Waals surface area contributed by atoms with E-state index >= 15 is 0 Å². The Labute approximate surface area is 139 Å². The SMILES string of the molecule is CC(C(=O)O)N(c1ccc2c(c1)Sc1ccccc1O2)S(=O)[O-]. The van der Waals surface area contributed by atoms with E-state index in [0.29, 0.717) is 5.75 Å². The minimum absolute atomic E-state index is 0.280. The molecule has 0 saturated heterocycles. The third kappa shape index (κ3) is 3.05. The summed E-state index contributed by atoms with van der Waals surface area (Å²) in [6, 6.07) is 11.1. The van der Waals surface area contributed by atoms with Gasteiger partial charge in [0.1, 0.15) is 17.5 Å². The van der Waals surface area contributed by atoms with Gasteiger partial charge in [-0.15, -0.1) is 0 Å². The molecule has 0 radical (unpaired) electrons. The number of hydrogen-bond donors (Lipinski definition) is 1. The molecule has 2 atom stereocenters. The zero-order valence-electron chi connectivity index (χ0n) is 12.0. The molecular formula is C15H12NO5S2-. The van der Waals surface area contributed by atoms with E-state index in [2.05, 4.69) is 0 Å². The summed E-state index contributed by atoms with van der Waals surface area (Å²) in [5.74, 6) is 0.124. The molecule has 0 spiro atoms. The van der Waals surface area contributed by atoms with Crippen LogP contribution in [0, 0.1) is 0 Å². The van der Waals surface area contributed by atoms with Gasteiger partial charge in [-0.1, -0.05) is 23.9 Å². The minimum Gasteiger partial charge on any atom is -0.755 e. The summed E-state index contributed by atoms with van der Waals surface area (Å²) in [6.07, 6.45) is 0. The Kier molecular flexibility index (Phi) is 4.29. The first-order valence-electron chi connectivity index (χ1n) is 6.67. The van der Waals surface area contributed by atoms with Gasteiger partial charge in [0, 0.05) is 11.3 Å². The second-order valence-electron chi connectivity index (χ2n) is 4.84. The molecule has 0 fully saturated rings. The normalized spacial score (nSPS) is 14.9. The maximum Gasteiger partial charge on any atom is 0.327 e. The van der Waals surface area contributed by atoms with Gasteiger partial charge in [-0.2, -0.15) is 0 Å². The lowest BCUT2D eigenvalue weighted by Crippen LogP contribution is -2.40. The number of nitrogens with zero attached hydrogens (tertiary/aromatic N) is 1. The largest absolute Gasteiger partial charge is 0.755 e. The second-order valence-corrected chi connectivity index (χ2v) is 6.75. The van der Waals surface area contributed by atoms with Crippen LogP contribution in [0.4, 0.5) is 5.69 Å². The van der Waals surface area contributed by atoms with Crippen molar-refractivity contribution in [2.24, 2.45) is 0 Å². The predicted molar refractivity (Wildman–Crippen MR) is 85.6 cm³/mol. The molecule has 0 aliphatic carbocycles. The third-order valence-electron chi connectivity index (χ3n) is 3.34. The number of para-hydroxylation sites is 1. The van der Waals surface area contributed by atoms with Gasteiger partial charge in [-0.25, -0.2) is 4.79 Å².